The van der Waals surface area contributed by atoms with Crippen molar-refractivity contribution in [3.05, 3.63) is 428 Å². The van der Waals surface area contributed by atoms with Crippen LogP contribution in [0.3, 0.4) is 0 Å². The van der Waals surface area contributed by atoms with Gasteiger partial charge in [-0.05, 0) is 276 Å². The summed E-state index contributed by atoms with van der Waals surface area (Å²) in [5, 5.41) is 4.96. The summed E-state index contributed by atoms with van der Waals surface area (Å²) in [5.74, 6) is 0. The zero-order valence-corrected chi connectivity index (χ0v) is 64.1. The van der Waals surface area contributed by atoms with E-state index in [9.17, 15) is 0 Å². The SMILES string of the molecule is CCC1(C)c2ccccc2-c2ccc(-c3ccc(N(c4ccc(-c5ccc(-c6ccc(-c7cc(N(c8ccc(-c9ccc%10ccccc%10c9)cc8)c8ccc9c(c8)C(C)(C)c8ccccc8-9)ccc7-c7ccc(-c8ccc9ccccc9c8)cc7)cc6)cc5)cc4)c4ccc(C5=CC=CCC5)c(-c5ccccc5)c4)cc3)cc21. The van der Waals surface area contributed by atoms with Gasteiger partial charge in [-0.1, -0.05) is 337 Å². The van der Waals surface area contributed by atoms with Gasteiger partial charge in [0.1, 0.15) is 0 Å². The molecule has 0 spiro atoms. The first-order valence-corrected chi connectivity index (χ1v) is 39.9. The molecule has 0 fully saturated rings. The predicted molar refractivity (Wildman–Crippen MR) is 480 cm³/mol. The van der Waals surface area contributed by atoms with Crippen molar-refractivity contribution in [1.82, 2.24) is 0 Å². The van der Waals surface area contributed by atoms with Gasteiger partial charge in [-0.15, -0.1) is 0 Å². The van der Waals surface area contributed by atoms with Gasteiger partial charge in [0.2, 0.25) is 0 Å². The minimum absolute atomic E-state index is 0.0398. The fourth-order valence-corrected chi connectivity index (χ4v) is 18.3. The molecule has 3 aliphatic carbocycles. The van der Waals surface area contributed by atoms with Gasteiger partial charge in [-0.3, -0.25) is 0 Å². The molecule has 3 aliphatic rings. The zero-order valence-electron chi connectivity index (χ0n) is 64.1. The summed E-state index contributed by atoms with van der Waals surface area (Å²) < 4.78 is 0. The molecule has 17 aromatic rings. The molecule has 0 saturated carbocycles. The van der Waals surface area contributed by atoms with Crippen LogP contribution in [0, 0.1) is 0 Å². The molecule has 0 saturated heterocycles. The number of rotatable bonds is 16. The third-order valence-corrected chi connectivity index (χ3v) is 24.7. The van der Waals surface area contributed by atoms with Crippen LogP contribution in [0.4, 0.5) is 34.1 Å². The highest BCUT2D eigenvalue weighted by Crippen LogP contribution is 2.54. The van der Waals surface area contributed by atoms with Crippen LogP contribution in [-0.2, 0) is 10.8 Å². The quantitative estimate of drug-likeness (QED) is 0.0951. The van der Waals surface area contributed by atoms with E-state index in [1.807, 2.05) is 0 Å². The fourth-order valence-electron chi connectivity index (χ4n) is 18.3. The Balaban J connectivity index is 0.640. The number of allylic oxidation sites excluding steroid dienone is 4. The van der Waals surface area contributed by atoms with Crippen molar-refractivity contribution < 1.29 is 0 Å². The number of nitrogens with zero attached hydrogens (tertiary/aromatic N) is 2. The Morgan fingerprint density at radius 3 is 1.11 bits per heavy atom. The summed E-state index contributed by atoms with van der Waals surface area (Å²) >= 11 is 0. The molecule has 2 heteroatoms. The molecule has 20 rings (SSSR count). The minimum atomic E-state index is -0.182. The molecule has 17 aromatic carbocycles. The van der Waals surface area contributed by atoms with Gasteiger partial charge < -0.3 is 9.80 Å². The van der Waals surface area contributed by atoms with Crippen molar-refractivity contribution in [2.24, 2.45) is 0 Å². The summed E-state index contributed by atoms with van der Waals surface area (Å²) in [7, 11) is 0. The third-order valence-electron chi connectivity index (χ3n) is 24.7. The Labute approximate surface area is 663 Å². The third kappa shape index (κ3) is 12.4. The first-order chi connectivity index (χ1) is 55.5. The number of hydrogen-bond acceptors (Lipinski definition) is 2. The summed E-state index contributed by atoms with van der Waals surface area (Å²) in [4.78, 5) is 4.89. The van der Waals surface area contributed by atoms with E-state index in [1.165, 1.54) is 122 Å². The van der Waals surface area contributed by atoms with Crippen LogP contribution in [0.15, 0.2) is 400 Å². The molecular formula is C111H84N2. The summed E-state index contributed by atoms with van der Waals surface area (Å²) in [5.41, 5.74) is 38.7. The Kier molecular flexibility index (Phi) is 17.2. The van der Waals surface area contributed by atoms with Gasteiger partial charge in [0, 0.05) is 45.0 Å². The van der Waals surface area contributed by atoms with Crippen molar-refractivity contribution in [1.29, 1.82) is 0 Å². The van der Waals surface area contributed by atoms with Crippen LogP contribution >= 0.6 is 0 Å². The molecule has 1 unspecified atom stereocenters. The molecule has 0 aromatic heterocycles. The van der Waals surface area contributed by atoms with E-state index in [-0.39, 0.29) is 10.8 Å². The van der Waals surface area contributed by atoms with Crippen molar-refractivity contribution in [3.8, 4) is 111 Å². The summed E-state index contributed by atoms with van der Waals surface area (Å²) in [6.07, 6.45) is 9.87. The Morgan fingerprint density at radius 2 is 0.584 bits per heavy atom. The highest BCUT2D eigenvalue weighted by atomic mass is 15.1. The maximum absolute atomic E-state index is 2.46. The molecule has 0 bridgehead atoms. The number of anilines is 6. The lowest BCUT2D eigenvalue weighted by molar-refractivity contribution is 0.565. The summed E-state index contributed by atoms with van der Waals surface area (Å²) in [6, 6.07) is 143. The van der Waals surface area contributed by atoms with E-state index in [0.29, 0.717) is 0 Å². The molecule has 0 radical (unpaired) electrons. The summed E-state index contributed by atoms with van der Waals surface area (Å²) in [6.45, 7) is 9.49. The molecule has 0 aliphatic heterocycles. The number of hydrogen-bond donors (Lipinski definition) is 0. The molecular weight excluding hydrogens is 1360 g/mol. The van der Waals surface area contributed by atoms with Gasteiger partial charge in [-0.2, -0.15) is 0 Å². The Bertz CT molecular complexity index is 6580. The second-order valence-corrected chi connectivity index (χ2v) is 31.5. The smallest absolute Gasteiger partial charge is 0.0468 e. The average Bonchev–Trinajstić information content (AvgIpc) is 1.60. The lowest BCUT2D eigenvalue weighted by atomic mass is 9.77. The molecule has 538 valence electrons. The first-order valence-electron chi connectivity index (χ1n) is 39.9. The van der Waals surface area contributed by atoms with E-state index in [1.54, 1.807) is 0 Å². The van der Waals surface area contributed by atoms with E-state index in [2.05, 4.69) is 438 Å². The van der Waals surface area contributed by atoms with Gasteiger partial charge in [-0.25, -0.2) is 0 Å². The second kappa shape index (κ2) is 28.3. The van der Waals surface area contributed by atoms with Crippen LogP contribution in [0.5, 0.6) is 0 Å². The number of benzene rings is 17. The van der Waals surface area contributed by atoms with Gasteiger partial charge in [0.05, 0.1) is 0 Å². The molecule has 0 N–H and O–H groups in total. The van der Waals surface area contributed by atoms with Crippen LogP contribution in [-0.4, -0.2) is 0 Å². The Hall–Kier alpha value is -13.7. The van der Waals surface area contributed by atoms with Crippen molar-refractivity contribution >= 4 is 61.2 Å². The number of fused-ring (bicyclic) bond motifs is 8. The van der Waals surface area contributed by atoms with E-state index >= 15 is 0 Å². The first kappa shape index (κ1) is 68.6. The predicted octanol–water partition coefficient (Wildman–Crippen LogP) is 31.0. The standard InChI is InChI=1S/C111H84N2/c1-5-111(4)107-31-19-17-29-101(107)103-64-54-91(70-109(103)111)82-52-57-93(58-53-82)112(95-61-65-98(83-22-8-6-9-23-83)104(71-95)84-24-10-7-11-25-84)92-55-48-79(49-56-92)77-34-32-76(33-35-77)78-36-44-86(45-37-78)105-72-96(62-66-99(105)85-42-38-80(39-43-85)89-46-40-74-20-12-14-26-87(74)68-89)113(97-63-67-102-100-28-16-18-30-106(100)110(2,3)108(102)73-97)94-59-50-81(51-60-94)90-47-41-75-21-13-15-27-88(75)69-90/h6-8,10-22,24-73H,5,9,23H2,1-4H3. The van der Waals surface area contributed by atoms with E-state index < -0.39 is 0 Å². The highest BCUT2D eigenvalue weighted by Gasteiger charge is 2.39. The van der Waals surface area contributed by atoms with Crippen LogP contribution in [0.25, 0.3) is 138 Å². The van der Waals surface area contributed by atoms with E-state index in [0.717, 1.165) is 97.9 Å². The van der Waals surface area contributed by atoms with Crippen LogP contribution < -0.4 is 9.80 Å². The lowest BCUT2D eigenvalue weighted by Crippen LogP contribution is -2.19. The topological polar surface area (TPSA) is 6.48 Å². The van der Waals surface area contributed by atoms with Gasteiger partial charge in [0.25, 0.3) is 0 Å². The van der Waals surface area contributed by atoms with Crippen LogP contribution in [0.2, 0.25) is 0 Å². The van der Waals surface area contributed by atoms with Crippen molar-refractivity contribution in [2.45, 2.75) is 57.8 Å². The maximum Gasteiger partial charge on any atom is 0.0468 e. The second-order valence-electron chi connectivity index (χ2n) is 31.5. The van der Waals surface area contributed by atoms with E-state index in [4.69, 9.17) is 0 Å². The zero-order chi connectivity index (χ0) is 75.7. The molecule has 1 atom stereocenters. The lowest BCUT2D eigenvalue weighted by Gasteiger charge is -2.29. The molecule has 2 nitrogen and oxygen atoms in total. The van der Waals surface area contributed by atoms with Crippen molar-refractivity contribution in [2.75, 3.05) is 9.80 Å². The Morgan fingerprint density at radius 1 is 0.239 bits per heavy atom. The molecule has 113 heavy (non-hydrogen) atoms. The largest absolute Gasteiger partial charge is 0.310 e. The average molecular weight is 1450 g/mol. The normalized spacial score (nSPS) is 14.3. The fraction of sp³-hybridized carbons (Fsp3) is 0.0811. The molecule has 0 amide bonds. The molecule has 0 heterocycles. The van der Waals surface area contributed by atoms with Crippen molar-refractivity contribution in [3.63, 3.8) is 0 Å². The highest BCUT2D eigenvalue weighted by molar-refractivity contribution is 5.96. The van der Waals surface area contributed by atoms with Crippen LogP contribution in [0.1, 0.15) is 74.8 Å². The maximum atomic E-state index is 2.46. The van der Waals surface area contributed by atoms with Gasteiger partial charge >= 0.3 is 0 Å². The monoisotopic (exact) mass is 1440 g/mol. The minimum Gasteiger partial charge on any atom is -0.310 e. The van der Waals surface area contributed by atoms with Gasteiger partial charge in [0.15, 0.2) is 0 Å².